The molecule has 0 bridgehead atoms. The summed E-state index contributed by atoms with van der Waals surface area (Å²) in [7, 11) is 4.33. The number of hydrogen-bond donors (Lipinski definition) is 0. The van der Waals surface area contributed by atoms with E-state index in [2.05, 4.69) is 25.9 Å². The third-order valence-electron chi connectivity index (χ3n) is 3.46. The molecular weight excluding hydrogens is 217 g/mol. The molecule has 0 atom stereocenters. The fourth-order valence-electron chi connectivity index (χ4n) is 2.27. The summed E-state index contributed by atoms with van der Waals surface area (Å²) in [4.78, 5) is 2.29. The molecule has 0 aliphatic heterocycles. The maximum atomic E-state index is 2.29. The third-order valence-corrected chi connectivity index (χ3v) is 3.46. The van der Waals surface area contributed by atoms with Gasteiger partial charge in [-0.2, -0.15) is 0 Å². The molecule has 0 aromatic carbocycles. The molecule has 0 aromatic heterocycles. The first-order chi connectivity index (χ1) is 8.27. The normalized spacial score (nSPS) is 10.7. The number of rotatable bonds is 13. The second kappa shape index (κ2) is 17.0. The molecule has 0 saturated carbocycles. The van der Waals surface area contributed by atoms with E-state index in [0.29, 0.717) is 0 Å². The van der Waals surface area contributed by atoms with Gasteiger partial charge in [0.2, 0.25) is 0 Å². The lowest BCUT2D eigenvalue weighted by molar-refractivity contribution is 0.389. The first-order valence-electron chi connectivity index (χ1n) is 7.92. The van der Waals surface area contributed by atoms with Gasteiger partial charge in [-0.1, -0.05) is 77.6 Å². The van der Waals surface area contributed by atoms with E-state index >= 15 is 0 Å². The molecule has 0 fully saturated rings. The summed E-state index contributed by atoms with van der Waals surface area (Å²) in [6, 6.07) is 0. The minimum Gasteiger partial charge on any atom is -0.309 e. The Morgan fingerprint density at radius 2 is 0.889 bits per heavy atom. The molecule has 18 heavy (non-hydrogen) atoms. The van der Waals surface area contributed by atoms with Gasteiger partial charge >= 0.3 is 0 Å². The van der Waals surface area contributed by atoms with Crippen LogP contribution in [0.2, 0.25) is 0 Å². The van der Waals surface area contributed by atoms with E-state index in [0.717, 1.165) is 0 Å². The van der Waals surface area contributed by atoms with Gasteiger partial charge < -0.3 is 4.90 Å². The molecule has 0 N–H and O–H groups in total. The van der Waals surface area contributed by atoms with E-state index in [1.54, 1.807) is 0 Å². The Bertz CT molecular complexity index is 137. The van der Waals surface area contributed by atoms with Gasteiger partial charge in [0.15, 0.2) is 0 Å². The summed E-state index contributed by atoms with van der Waals surface area (Å²) in [5.74, 6) is 0. The lowest BCUT2D eigenvalue weighted by Crippen LogP contribution is -2.12. The van der Waals surface area contributed by atoms with E-state index in [4.69, 9.17) is 0 Å². The first kappa shape index (κ1) is 20.3. The molecule has 1 nitrogen and oxygen atoms in total. The number of nitrogens with zero attached hydrogens (tertiary/aromatic N) is 1. The molecule has 2 heteroatoms. The summed E-state index contributed by atoms with van der Waals surface area (Å²) in [6.07, 6.45) is 17.3. The third kappa shape index (κ3) is 18.4. The average Bonchev–Trinajstić information content (AvgIpc) is 2.30. The Balaban J connectivity index is 0. The van der Waals surface area contributed by atoms with Gasteiger partial charge in [0.05, 0.1) is 0 Å². The predicted molar refractivity (Wildman–Crippen MR) is 85.4 cm³/mol. The summed E-state index contributed by atoms with van der Waals surface area (Å²) in [5.41, 5.74) is 0. The van der Waals surface area contributed by atoms with Gasteiger partial charge in [-0.05, 0) is 27.1 Å². The zero-order chi connectivity index (χ0) is 12.8. The SMILES string of the molecule is CCCCCCCCCCCCCCN(C)C.[B]. The Labute approximate surface area is 118 Å². The summed E-state index contributed by atoms with van der Waals surface area (Å²) in [6.45, 7) is 3.55. The van der Waals surface area contributed by atoms with Crippen molar-refractivity contribution in [2.45, 2.75) is 84.0 Å². The van der Waals surface area contributed by atoms with Crippen LogP contribution in [-0.4, -0.2) is 34.0 Å². The van der Waals surface area contributed by atoms with Crippen LogP contribution in [0, 0.1) is 0 Å². The highest BCUT2D eigenvalue weighted by Crippen LogP contribution is 2.11. The molecule has 0 spiro atoms. The zero-order valence-corrected chi connectivity index (χ0v) is 13.2. The van der Waals surface area contributed by atoms with Crippen molar-refractivity contribution >= 4 is 8.41 Å². The van der Waals surface area contributed by atoms with Gasteiger partial charge in [-0.25, -0.2) is 0 Å². The molecule has 0 aliphatic rings. The first-order valence-corrected chi connectivity index (χ1v) is 7.92. The molecule has 0 unspecified atom stereocenters. The molecular formula is C16H35BN. The number of unbranched alkanes of at least 4 members (excludes halogenated alkanes) is 11. The molecule has 0 aromatic rings. The van der Waals surface area contributed by atoms with Gasteiger partial charge in [-0.3, -0.25) is 0 Å². The molecule has 0 heterocycles. The molecule has 107 valence electrons. The quantitative estimate of drug-likeness (QED) is 0.334. The maximum absolute atomic E-state index is 2.29. The van der Waals surface area contributed by atoms with Crippen LogP contribution in [0.15, 0.2) is 0 Å². The highest BCUT2D eigenvalue weighted by atomic mass is 15.0. The van der Waals surface area contributed by atoms with Crippen molar-refractivity contribution in [3.8, 4) is 0 Å². The van der Waals surface area contributed by atoms with Crippen molar-refractivity contribution in [1.29, 1.82) is 0 Å². The van der Waals surface area contributed by atoms with Crippen LogP contribution in [0.5, 0.6) is 0 Å². The second-order valence-corrected chi connectivity index (χ2v) is 5.69. The van der Waals surface area contributed by atoms with Crippen molar-refractivity contribution in [1.82, 2.24) is 4.90 Å². The van der Waals surface area contributed by atoms with Crippen molar-refractivity contribution in [3.63, 3.8) is 0 Å². The summed E-state index contributed by atoms with van der Waals surface area (Å²) >= 11 is 0. The van der Waals surface area contributed by atoms with Crippen LogP contribution in [0.1, 0.15) is 84.0 Å². The topological polar surface area (TPSA) is 3.24 Å². The predicted octanol–water partition coefficient (Wildman–Crippen LogP) is 4.87. The molecule has 3 radical (unpaired) electrons. The van der Waals surface area contributed by atoms with Gasteiger partial charge in [0.25, 0.3) is 0 Å². The van der Waals surface area contributed by atoms with Crippen LogP contribution in [0.3, 0.4) is 0 Å². The van der Waals surface area contributed by atoms with E-state index < -0.39 is 0 Å². The van der Waals surface area contributed by atoms with Crippen LogP contribution in [-0.2, 0) is 0 Å². The molecule has 0 saturated heterocycles. The fraction of sp³-hybridized carbons (Fsp3) is 1.00. The van der Waals surface area contributed by atoms with Crippen molar-refractivity contribution in [2.24, 2.45) is 0 Å². The van der Waals surface area contributed by atoms with Gasteiger partial charge in [0.1, 0.15) is 0 Å². The Morgan fingerprint density at radius 3 is 1.22 bits per heavy atom. The lowest BCUT2D eigenvalue weighted by atomic mass is 10.1. The Morgan fingerprint density at radius 1 is 0.556 bits per heavy atom. The van der Waals surface area contributed by atoms with Crippen LogP contribution >= 0.6 is 0 Å². The van der Waals surface area contributed by atoms with Crippen molar-refractivity contribution in [2.75, 3.05) is 20.6 Å². The highest BCUT2D eigenvalue weighted by Gasteiger charge is 1.94. The van der Waals surface area contributed by atoms with Gasteiger partial charge in [0, 0.05) is 8.41 Å². The largest absolute Gasteiger partial charge is 0.309 e. The monoisotopic (exact) mass is 252 g/mol. The van der Waals surface area contributed by atoms with Crippen LogP contribution in [0.25, 0.3) is 0 Å². The second-order valence-electron chi connectivity index (χ2n) is 5.69. The maximum Gasteiger partial charge on any atom is 0 e. The van der Waals surface area contributed by atoms with Crippen molar-refractivity contribution < 1.29 is 0 Å². The van der Waals surface area contributed by atoms with E-state index in [1.165, 1.54) is 83.6 Å². The highest BCUT2D eigenvalue weighted by molar-refractivity contribution is 5.75. The van der Waals surface area contributed by atoms with E-state index in [1.807, 2.05) is 0 Å². The molecule has 0 aliphatic carbocycles. The standard InChI is InChI=1S/C16H35N.B/c1-4-5-6-7-8-9-10-11-12-13-14-15-16-17(2)3;/h4-16H2,1-3H3;. The summed E-state index contributed by atoms with van der Waals surface area (Å²) < 4.78 is 0. The number of hydrogen-bond acceptors (Lipinski definition) is 1. The lowest BCUT2D eigenvalue weighted by Gasteiger charge is -2.08. The molecule has 0 rings (SSSR count). The van der Waals surface area contributed by atoms with Crippen molar-refractivity contribution in [3.05, 3.63) is 0 Å². The Kier molecular flexibility index (Phi) is 19.2. The molecule has 0 amide bonds. The van der Waals surface area contributed by atoms with Gasteiger partial charge in [-0.15, -0.1) is 0 Å². The average molecular weight is 252 g/mol. The van der Waals surface area contributed by atoms with E-state index in [9.17, 15) is 0 Å². The fourth-order valence-corrected chi connectivity index (χ4v) is 2.27. The Hall–Kier alpha value is 0.0249. The zero-order valence-electron chi connectivity index (χ0n) is 13.2. The summed E-state index contributed by atoms with van der Waals surface area (Å²) in [5, 5.41) is 0. The van der Waals surface area contributed by atoms with E-state index in [-0.39, 0.29) is 8.41 Å². The van der Waals surface area contributed by atoms with Crippen LogP contribution < -0.4 is 0 Å². The van der Waals surface area contributed by atoms with Crippen LogP contribution in [0.4, 0.5) is 0 Å². The minimum atomic E-state index is 0. The minimum absolute atomic E-state index is 0. The smallest absolute Gasteiger partial charge is 0 e.